The third-order valence-electron chi connectivity index (χ3n) is 4.39. The summed E-state index contributed by atoms with van der Waals surface area (Å²) in [4.78, 5) is 26.0. The number of rotatable bonds is 1. The normalized spacial score (nSPS) is 20.3. The summed E-state index contributed by atoms with van der Waals surface area (Å²) < 4.78 is 45.3. The van der Waals surface area contributed by atoms with Crippen LogP contribution in [-0.2, 0) is 9.53 Å². The predicted molar refractivity (Wildman–Crippen MR) is 69.5 cm³/mol. The van der Waals surface area contributed by atoms with Crippen LogP contribution in [0.15, 0.2) is 12.1 Å². The molecule has 7 heteroatoms. The molecule has 0 bridgehead atoms. The summed E-state index contributed by atoms with van der Waals surface area (Å²) in [6.07, 6.45) is 2.37. The van der Waals surface area contributed by atoms with Gasteiger partial charge in [-0.1, -0.05) is 12.8 Å². The van der Waals surface area contributed by atoms with Gasteiger partial charge in [-0.3, -0.25) is 4.79 Å². The van der Waals surface area contributed by atoms with Crippen LogP contribution in [0, 0.1) is 17.5 Å². The molecule has 1 aliphatic heterocycles. The quantitative estimate of drug-likeness (QED) is 0.591. The highest BCUT2D eigenvalue weighted by molar-refractivity contribution is 5.99. The van der Waals surface area contributed by atoms with Crippen molar-refractivity contribution in [2.75, 3.05) is 13.2 Å². The van der Waals surface area contributed by atoms with Crippen LogP contribution in [0.3, 0.4) is 0 Å². The smallest absolute Gasteiger partial charge is 0.332 e. The Kier molecular flexibility index (Phi) is 3.58. The van der Waals surface area contributed by atoms with Gasteiger partial charge in [-0.2, -0.15) is 0 Å². The number of carbonyl (C=O) groups is 2. The monoisotopic (exact) mass is 313 g/mol. The molecular formula is C15H14F3NO3. The third-order valence-corrected chi connectivity index (χ3v) is 4.39. The minimum atomic E-state index is -1.69. The lowest BCUT2D eigenvalue weighted by atomic mass is 9.92. The molecule has 1 saturated carbocycles. The first-order chi connectivity index (χ1) is 10.5. The van der Waals surface area contributed by atoms with Gasteiger partial charge in [-0.15, -0.1) is 0 Å². The number of benzene rings is 1. The molecule has 2 aliphatic rings. The average Bonchev–Trinajstić information content (AvgIpc) is 2.98. The van der Waals surface area contributed by atoms with Crippen LogP contribution in [0.4, 0.5) is 13.2 Å². The van der Waals surface area contributed by atoms with Crippen molar-refractivity contribution in [2.45, 2.75) is 31.2 Å². The van der Waals surface area contributed by atoms with Gasteiger partial charge in [-0.25, -0.2) is 18.0 Å². The Morgan fingerprint density at radius 3 is 2.50 bits per heavy atom. The molecule has 3 rings (SSSR count). The zero-order valence-corrected chi connectivity index (χ0v) is 11.7. The highest BCUT2D eigenvalue weighted by Gasteiger charge is 2.52. The van der Waals surface area contributed by atoms with Crippen LogP contribution in [-0.4, -0.2) is 35.5 Å². The van der Waals surface area contributed by atoms with E-state index in [9.17, 15) is 22.8 Å². The van der Waals surface area contributed by atoms with E-state index in [1.54, 1.807) is 0 Å². The van der Waals surface area contributed by atoms with E-state index in [0.717, 1.165) is 18.9 Å². The van der Waals surface area contributed by atoms with E-state index in [0.29, 0.717) is 18.9 Å². The number of halogens is 3. The number of hydrogen-bond donors (Lipinski definition) is 0. The highest BCUT2D eigenvalue weighted by atomic mass is 19.2. The summed E-state index contributed by atoms with van der Waals surface area (Å²) >= 11 is 0. The van der Waals surface area contributed by atoms with Crippen LogP contribution in [0.2, 0.25) is 0 Å². The van der Waals surface area contributed by atoms with Crippen molar-refractivity contribution >= 4 is 11.9 Å². The van der Waals surface area contributed by atoms with Crippen LogP contribution in [0.5, 0.6) is 0 Å². The average molecular weight is 313 g/mol. The van der Waals surface area contributed by atoms with Gasteiger partial charge in [0.15, 0.2) is 17.5 Å². The largest absolute Gasteiger partial charge is 0.462 e. The van der Waals surface area contributed by atoms with Gasteiger partial charge >= 0.3 is 5.97 Å². The minimum Gasteiger partial charge on any atom is -0.462 e. The Hall–Kier alpha value is -2.05. The van der Waals surface area contributed by atoms with E-state index < -0.39 is 40.4 Å². The molecule has 1 amide bonds. The number of cyclic esters (lactones) is 1. The van der Waals surface area contributed by atoms with Gasteiger partial charge in [0, 0.05) is 0 Å². The first kappa shape index (κ1) is 14.9. The summed E-state index contributed by atoms with van der Waals surface area (Å²) in [5, 5.41) is 0. The molecule has 1 aliphatic carbocycles. The summed E-state index contributed by atoms with van der Waals surface area (Å²) in [6.45, 7) is 0.126. The fraction of sp³-hybridized carbons (Fsp3) is 0.467. The first-order valence-corrected chi connectivity index (χ1v) is 7.10. The van der Waals surface area contributed by atoms with Crippen molar-refractivity contribution in [3.8, 4) is 0 Å². The van der Waals surface area contributed by atoms with E-state index in [-0.39, 0.29) is 13.2 Å². The van der Waals surface area contributed by atoms with Crippen LogP contribution in [0.1, 0.15) is 36.0 Å². The molecule has 2 fully saturated rings. The Morgan fingerprint density at radius 1 is 1.14 bits per heavy atom. The Labute approximate surface area is 124 Å². The van der Waals surface area contributed by atoms with Gasteiger partial charge in [0.25, 0.3) is 5.91 Å². The maximum absolute atomic E-state index is 13.9. The molecule has 0 unspecified atom stereocenters. The number of ether oxygens (including phenoxy) is 1. The van der Waals surface area contributed by atoms with E-state index >= 15 is 0 Å². The van der Waals surface area contributed by atoms with Crippen molar-refractivity contribution in [3.63, 3.8) is 0 Å². The molecule has 1 saturated heterocycles. The van der Waals surface area contributed by atoms with Gasteiger partial charge < -0.3 is 9.64 Å². The van der Waals surface area contributed by atoms with Crippen LogP contribution in [0.25, 0.3) is 0 Å². The van der Waals surface area contributed by atoms with Gasteiger partial charge in [-0.05, 0) is 25.0 Å². The maximum Gasteiger partial charge on any atom is 0.332 e. The summed E-state index contributed by atoms with van der Waals surface area (Å²) in [6, 6.07) is 1.61. The van der Waals surface area contributed by atoms with E-state index in [4.69, 9.17) is 4.74 Å². The van der Waals surface area contributed by atoms with Crippen molar-refractivity contribution in [2.24, 2.45) is 0 Å². The second-order valence-electron chi connectivity index (χ2n) is 5.55. The molecule has 118 valence electrons. The number of carbonyl (C=O) groups excluding carboxylic acids is 2. The minimum absolute atomic E-state index is 0.0115. The predicted octanol–water partition coefficient (Wildman–Crippen LogP) is 2.42. The Bertz CT molecular complexity index is 641. The molecule has 0 atom stereocenters. The van der Waals surface area contributed by atoms with Gasteiger partial charge in [0.2, 0.25) is 0 Å². The zero-order chi connectivity index (χ0) is 15.9. The van der Waals surface area contributed by atoms with E-state index in [1.807, 2.05) is 0 Å². The van der Waals surface area contributed by atoms with E-state index in [2.05, 4.69) is 0 Å². The molecule has 0 aromatic heterocycles. The molecule has 1 spiro atoms. The standard InChI is InChI=1S/C15H14F3NO3/c16-10-4-3-9(11(17)12(10)18)13(20)19-7-8-22-14(21)15(19)5-1-2-6-15/h3-4H,1-2,5-8H2. The van der Waals surface area contributed by atoms with Gasteiger partial charge in [0.05, 0.1) is 12.1 Å². The number of nitrogens with zero attached hydrogens (tertiary/aromatic N) is 1. The van der Waals surface area contributed by atoms with Crippen molar-refractivity contribution < 1.29 is 27.5 Å². The lowest BCUT2D eigenvalue weighted by Crippen LogP contribution is -2.60. The molecule has 1 aromatic rings. The molecule has 4 nitrogen and oxygen atoms in total. The number of morpholine rings is 1. The zero-order valence-electron chi connectivity index (χ0n) is 11.7. The number of esters is 1. The second-order valence-corrected chi connectivity index (χ2v) is 5.55. The van der Waals surface area contributed by atoms with Crippen LogP contribution >= 0.6 is 0 Å². The number of amides is 1. The third kappa shape index (κ3) is 2.07. The Morgan fingerprint density at radius 2 is 1.82 bits per heavy atom. The van der Waals surface area contributed by atoms with Gasteiger partial charge in [0.1, 0.15) is 12.1 Å². The molecule has 1 heterocycles. The highest BCUT2D eigenvalue weighted by Crippen LogP contribution is 2.39. The summed E-state index contributed by atoms with van der Waals surface area (Å²) in [7, 11) is 0. The first-order valence-electron chi connectivity index (χ1n) is 7.10. The summed E-state index contributed by atoms with van der Waals surface area (Å²) in [5.74, 6) is -5.90. The maximum atomic E-state index is 13.9. The molecular weight excluding hydrogens is 299 g/mol. The second kappa shape index (κ2) is 5.30. The van der Waals surface area contributed by atoms with Crippen molar-refractivity contribution in [1.29, 1.82) is 0 Å². The SMILES string of the molecule is O=C(c1ccc(F)c(F)c1F)N1CCOC(=O)C12CCCC2. The van der Waals surface area contributed by atoms with Crippen molar-refractivity contribution in [3.05, 3.63) is 35.1 Å². The number of hydrogen-bond acceptors (Lipinski definition) is 3. The topological polar surface area (TPSA) is 46.6 Å². The molecule has 0 radical (unpaired) electrons. The Balaban J connectivity index is 2.00. The summed E-state index contributed by atoms with van der Waals surface area (Å²) in [5.41, 5.74) is -1.67. The van der Waals surface area contributed by atoms with Crippen LogP contribution < -0.4 is 0 Å². The molecule has 0 N–H and O–H groups in total. The lowest BCUT2D eigenvalue weighted by Gasteiger charge is -2.42. The van der Waals surface area contributed by atoms with Crippen molar-refractivity contribution in [1.82, 2.24) is 4.90 Å². The molecule has 1 aromatic carbocycles. The van der Waals surface area contributed by atoms with E-state index in [1.165, 1.54) is 4.90 Å². The lowest BCUT2D eigenvalue weighted by molar-refractivity contribution is -0.164. The fourth-order valence-corrected chi connectivity index (χ4v) is 3.25. The molecule has 22 heavy (non-hydrogen) atoms. The fourth-order valence-electron chi connectivity index (χ4n) is 3.25.